The Morgan fingerprint density at radius 1 is 0.706 bits per heavy atom. The summed E-state index contributed by atoms with van der Waals surface area (Å²) in [7, 11) is 0. The van der Waals surface area contributed by atoms with Crippen molar-refractivity contribution in [3.05, 3.63) is 108 Å². The number of pyridine rings is 1. The van der Waals surface area contributed by atoms with Gasteiger partial charge in [-0.2, -0.15) is 0 Å². The Kier molecular flexibility index (Phi) is 4.09. The van der Waals surface area contributed by atoms with Gasteiger partial charge in [0.25, 0.3) is 0 Å². The summed E-state index contributed by atoms with van der Waals surface area (Å²) < 4.78 is 4.51. The zero-order valence-corrected chi connectivity index (χ0v) is 18.5. The molecular formula is C30H21N3O. The SMILES string of the molecule is O=Cc1ccc2c(c1)c1ccccc1n2-c1cccc(-n2c3c(c4ccccc42)C=CCC3)n1. The lowest BCUT2D eigenvalue weighted by Crippen LogP contribution is -2.07. The molecule has 1 aliphatic carbocycles. The number of carbonyl (C=O) groups is 1. The van der Waals surface area contributed by atoms with Crippen LogP contribution < -0.4 is 0 Å². The molecule has 0 saturated carbocycles. The molecule has 0 aliphatic heterocycles. The summed E-state index contributed by atoms with van der Waals surface area (Å²) in [6.45, 7) is 0. The first-order valence-corrected chi connectivity index (χ1v) is 11.6. The fourth-order valence-electron chi connectivity index (χ4n) is 5.40. The van der Waals surface area contributed by atoms with Crippen LogP contribution in [0, 0.1) is 0 Å². The molecule has 0 amide bonds. The van der Waals surface area contributed by atoms with Gasteiger partial charge in [0, 0.05) is 33.0 Å². The number of para-hydroxylation sites is 2. The van der Waals surface area contributed by atoms with E-state index in [1.807, 2.05) is 30.3 Å². The highest BCUT2D eigenvalue weighted by Crippen LogP contribution is 2.35. The van der Waals surface area contributed by atoms with Gasteiger partial charge in [0.15, 0.2) is 0 Å². The fourth-order valence-corrected chi connectivity index (χ4v) is 5.40. The second kappa shape index (κ2) is 7.29. The van der Waals surface area contributed by atoms with Crippen molar-refractivity contribution < 1.29 is 4.79 Å². The lowest BCUT2D eigenvalue weighted by atomic mass is 10.0. The molecule has 3 aromatic carbocycles. The Morgan fingerprint density at radius 3 is 2.24 bits per heavy atom. The summed E-state index contributed by atoms with van der Waals surface area (Å²) >= 11 is 0. The summed E-state index contributed by atoms with van der Waals surface area (Å²) in [4.78, 5) is 16.6. The minimum Gasteiger partial charge on any atom is -0.298 e. The summed E-state index contributed by atoms with van der Waals surface area (Å²) in [5.74, 6) is 1.78. The third kappa shape index (κ3) is 2.66. The molecule has 0 spiro atoms. The maximum absolute atomic E-state index is 11.4. The zero-order valence-electron chi connectivity index (χ0n) is 18.5. The second-order valence-electron chi connectivity index (χ2n) is 8.75. The summed E-state index contributed by atoms with van der Waals surface area (Å²) in [5.41, 5.74) is 6.59. The molecule has 0 bridgehead atoms. The van der Waals surface area contributed by atoms with E-state index in [1.165, 1.54) is 22.2 Å². The largest absolute Gasteiger partial charge is 0.298 e. The van der Waals surface area contributed by atoms with Gasteiger partial charge in [-0.25, -0.2) is 4.98 Å². The third-order valence-electron chi connectivity index (χ3n) is 6.86. The van der Waals surface area contributed by atoms with Crippen LogP contribution in [-0.4, -0.2) is 20.4 Å². The minimum atomic E-state index is 0.676. The predicted molar refractivity (Wildman–Crippen MR) is 138 cm³/mol. The van der Waals surface area contributed by atoms with E-state index >= 15 is 0 Å². The third-order valence-corrected chi connectivity index (χ3v) is 6.86. The van der Waals surface area contributed by atoms with Crippen LogP contribution in [0.5, 0.6) is 0 Å². The van der Waals surface area contributed by atoms with Crippen molar-refractivity contribution in [3.8, 4) is 11.6 Å². The average molecular weight is 440 g/mol. The highest BCUT2D eigenvalue weighted by molar-refractivity contribution is 6.10. The Morgan fingerprint density at radius 2 is 1.41 bits per heavy atom. The van der Waals surface area contributed by atoms with Crippen LogP contribution in [-0.2, 0) is 6.42 Å². The van der Waals surface area contributed by atoms with E-state index in [-0.39, 0.29) is 0 Å². The molecule has 4 heteroatoms. The number of nitrogens with zero attached hydrogens (tertiary/aromatic N) is 3. The van der Waals surface area contributed by atoms with E-state index in [0.29, 0.717) is 5.56 Å². The van der Waals surface area contributed by atoms with Crippen LogP contribution in [0.25, 0.3) is 50.4 Å². The first-order chi connectivity index (χ1) is 16.8. The molecule has 7 rings (SSSR count). The van der Waals surface area contributed by atoms with Crippen molar-refractivity contribution in [2.45, 2.75) is 12.8 Å². The molecule has 3 aromatic heterocycles. The second-order valence-corrected chi connectivity index (χ2v) is 8.75. The van der Waals surface area contributed by atoms with Gasteiger partial charge < -0.3 is 0 Å². The van der Waals surface area contributed by atoms with Crippen LogP contribution in [0.4, 0.5) is 0 Å². The molecule has 0 atom stereocenters. The Balaban J connectivity index is 1.51. The van der Waals surface area contributed by atoms with Crippen LogP contribution >= 0.6 is 0 Å². The van der Waals surface area contributed by atoms with E-state index in [4.69, 9.17) is 4.98 Å². The Bertz CT molecular complexity index is 1780. The lowest BCUT2D eigenvalue weighted by molar-refractivity contribution is 0.112. The van der Waals surface area contributed by atoms with Crippen LogP contribution in [0.15, 0.2) is 91.0 Å². The van der Waals surface area contributed by atoms with Gasteiger partial charge in [0.2, 0.25) is 0 Å². The van der Waals surface area contributed by atoms with Gasteiger partial charge in [-0.15, -0.1) is 0 Å². The number of hydrogen-bond acceptors (Lipinski definition) is 2. The van der Waals surface area contributed by atoms with Gasteiger partial charge in [0.1, 0.15) is 17.9 Å². The van der Waals surface area contributed by atoms with E-state index < -0.39 is 0 Å². The molecule has 0 radical (unpaired) electrons. The van der Waals surface area contributed by atoms with Gasteiger partial charge in [0.05, 0.1) is 16.6 Å². The normalized spacial score (nSPS) is 13.1. The molecule has 6 aromatic rings. The standard InChI is InChI=1S/C30H21N3O/c34-19-20-16-17-28-24(18-20)23-10-3-6-13-27(23)33(28)30-15-7-14-29(31-30)32-25-11-4-1-8-21(25)22-9-2-5-12-26(22)32/h1-4,6-11,13-19H,5,12H2. The van der Waals surface area contributed by atoms with Crippen molar-refractivity contribution in [1.29, 1.82) is 0 Å². The summed E-state index contributed by atoms with van der Waals surface area (Å²) in [6, 6.07) is 29.0. The summed E-state index contributed by atoms with van der Waals surface area (Å²) in [5, 5.41) is 3.43. The fraction of sp³-hybridized carbons (Fsp3) is 0.0667. The quantitative estimate of drug-likeness (QED) is 0.282. The molecule has 162 valence electrons. The number of fused-ring (bicyclic) bond motifs is 6. The van der Waals surface area contributed by atoms with E-state index in [9.17, 15) is 4.79 Å². The number of allylic oxidation sites excluding steroid dienone is 1. The predicted octanol–water partition coefficient (Wildman–Crippen LogP) is 6.89. The van der Waals surface area contributed by atoms with Crippen LogP contribution in [0.2, 0.25) is 0 Å². The van der Waals surface area contributed by atoms with E-state index in [2.05, 4.69) is 75.9 Å². The molecule has 34 heavy (non-hydrogen) atoms. The molecule has 0 unspecified atom stereocenters. The van der Waals surface area contributed by atoms with Crippen molar-refractivity contribution in [2.75, 3.05) is 0 Å². The van der Waals surface area contributed by atoms with Gasteiger partial charge in [-0.05, 0) is 55.3 Å². The molecule has 1 aliphatic rings. The molecule has 0 saturated heterocycles. The average Bonchev–Trinajstić information content (AvgIpc) is 3.41. The van der Waals surface area contributed by atoms with Crippen molar-refractivity contribution in [1.82, 2.24) is 14.1 Å². The smallest absolute Gasteiger partial charge is 0.150 e. The maximum atomic E-state index is 11.4. The number of aromatic nitrogens is 3. The van der Waals surface area contributed by atoms with Gasteiger partial charge in [-0.3, -0.25) is 13.9 Å². The first kappa shape index (κ1) is 19.1. The molecule has 0 N–H and O–H groups in total. The highest BCUT2D eigenvalue weighted by atomic mass is 16.1. The topological polar surface area (TPSA) is 39.8 Å². The molecule has 0 fully saturated rings. The number of hydrogen-bond donors (Lipinski definition) is 0. The zero-order chi connectivity index (χ0) is 22.6. The van der Waals surface area contributed by atoms with Crippen molar-refractivity contribution in [2.24, 2.45) is 0 Å². The number of aldehydes is 1. The summed E-state index contributed by atoms with van der Waals surface area (Å²) in [6.07, 6.45) is 7.44. The van der Waals surface area contributed by atoms with Crippen LogP contribution in [0.1, 0.15) is 28.0 Å². The first-order valence-electron chi connectivity index (χ1n) is 11.6. The van der Waals surface area contributed by atoms with Crippen molar-refractivity contribution in [3.63, 3.8) is 0 Å². The van der Waals surface area contributed by atoms with Crippen molar-refractivity contribution >= 4 is 45.1 Å². The number of benzene rings is 3. The van der Waals surface area contributed by atoms with Gasteiger partial charge in [-0.1, -0.05) is 54.6 Å². The van der Waals surface area contributed by atoms with E-state index in [1.54, 1.807) is 0 Å². The number of rotatable bonds is 3. The molecule has 3 heterocycles. The maximum Gasteiger partial charge on any atom is 0.150 e. The Labute approximate surface area is 196 Å². The minimum absolute atomic E-state index is 0.676. The lowest BCUT2D eigenvalue weighted by Gasteiger charge is -2.14. The monoisotopic (exact) mass is 439 g/mol. The molecule has 4 nitrogen and oxygen atoms in total. The van der Waals surface area contributed by atoms with E-state index in [0.717, 1.165) is 52.6 Å². The van der Waals surface area contributed by atoms with Gasteiger partial charge >= 0.3 is 0 Å². The van der Waals surface area contributed by atoms with Crippen LogP contribution in [0.3, 0.4) is 0 Å². The highest BCUT2D eigenvalue weighted by Gasteiger charge is 2.20. The Hall–Kier alpha value is -4.44. The number of carbonyl (C=O) groups excluding carboxylic acids is 1. The molecular weight excluding hydrogens is 418 g/mol.